The van der Waals surface area contributed by atoms with E-state index in [-0.39, 0.29) is 11.8 Å². The summed E-state index contributed by atoms with van der Waals surface area (Å²) in [5, 5.41) is 14.7. The van der Waals surface area contributed by atoms with Crippen molar-refractivity contribution in [3.63, 3.8) is 0 Å². The molecule has 0 bridgehead atoms. The van der Waals surface area contributed by atoms with Gasteiger partial charge in [-0.2, -0.15) is 9.61 Å². The van der Waals surface area contributed by atoms with Gasteiger partial charge in [0.2, 0.25) is 5.91 Å². The van der Waals surface area contributed by atoms with Crippen LogP contribution in [0.2, 0.25) is 0 Å². The molecular formula is C23H23BrN6O2. The third-order valence-corrected chi connectivity index (χ3v) is 6.98. The summed E-state index contributed by atoms with van der Waals surface area (Å²) in [6.45, 7) is 2.78. The highest BCUT2D eigenvalue weighted by Gasteiger charge is 2.28. The fourth-order valence-electron chi connectivity index (χ4n) is 4.39. The van der Waals surface area contributed by atoms with Gasteiger partial charge < -0.3 is 15.7 Å². The van der Waals surface area contributed by atoms with E-state index in [1.807, 2.05) is 12.3 Å². The highest BCUT2D eigenvalue weighted by Crippen LogP contribution is 2.37. The Kier molecular flexibility index (Phi) is 5.30. The van der Waals surface area contributed by atoms with Gasteiger partial charge in [0.1, 0.15) is 12.4 Å². The number of nitrogen functional groups attached to an aromatic ring is 1. The Bertz CT molecular complexity index is 1340. The van der Waals surface area contributed by atoms with Gasteiger partial charge in [-0.3, -0.25) is 9.78 Å². The normalized spacial score (nSPS) is 15.0. The quantitative estimate of drug-likeness (QED) is 0.452. The van der Waals surface area contributed by atoms with Gasteiger partial charge in [-0.15, -0.1) is 0 Å². The molecular weight excluding hydrogens is 472 g/mol. The first-order chi connectivity index (χ1) is 15.5. The van der Waals surface area contributed by atoms with Crippen molar-refractivity contribution in [2.75, 3.05) is 25.4 Å². The molecule has 1 aliphatic rings. The van der Waals surface area contributed by atoms with Crippen LogP contribution >= 0.6 is 15.9 Å². The van der Waals surface area contributed by atoms with E-state index in [4.69, 9.17) is 15.8 Å². The molecule has 0 saturated carbocycles. The Morgan fingerprint density at radius 1 is 1.25 bits per heavy atom. The average molecular weight is 495 g/mol. The number of amides is 1. The van der Waals surface area contributed by atoms with E-state index >= 15 is 0 Å². The number of halogens is 1. The van der Waals surface area contributed by atoms with Gasteiger partial charge in [0.15, 0.2) is 5.65 Å². The topological polar surface area (TPSA) is 110 Å². The molecule has 0 radical (unpaired) electrons. The lowest BCUT2D eigenvalue weighted by Crippen LogP contribution is -2.39. The van der Waals surface area contributed by atoms with Crippen LogP contribution in [0.5, 0.6) is 0 Å². The summed E-state index contributed by atoms with van der Waals surface area (Å²) in [6.07, 6.45) is 5.13. The molecule has 0 spiro atoms. The molecule has 1 fully saturated rings. The van der Waals surface area contributed by atoms with E-state index in [9.17, 15) is 4.79 Å². The second kappa shape index (κ2) is 8.14. The summed E-state index contributed by atoms with van der Waals surface area (Å²) in [5.74, 6) is 0.414. The number of fused-ring (bicyclic) bond motifs is 2. The lowest BCUT2D eigenvalue weighted by Gasteiger charge is -2.31. The summed E-state index contributed by atoms with van der Waals surface area (Å²) >= 11 is 3.62. The van der Waals surface area contributed by atoms with Crippen LogP contribution in [0.1, 0.15) is 30.0 Å². The number of nitrogens with zero attached hydrogens (tertiary/aromatic N) is 5. The largest absolute Gasteiger partial charge is 0.387 e. The van der Waals surface area contributed by atoms with Crippen LogP contribution in [0.3, 0.4) is 0 Å². The first-order valence-electron chi connectivity index (χ1n) is 10.5. The molecule has 8 nitrogen and oxygen atoms in total. The van der Waals surface area contributed by atoms with Crippen molar-refractivity contribution < 1.29 is 9.90 Å². The summed E-state index contributed by atoms with van der Waals surface area (Å²) in [4.78, 5) is 23.1. The number of carbonyl (C=O) groups excluding carboxylic acids is 1. The van der Waals surface area contributed by atoms with Crippen molar-refractivity contribution in [1.82, 2.24) is 24.5 Å². The van der Waals surface area contributed by atoms with Gasteiger partial charge in [0.05, 0.1) is 21.9 Å². The number of aryl methyl sites for hydroxylation is 1. The third kappa shape index (κ3) is 3.51. The van der Waals surface area contributed by atoms with Crippen molar-refractivity contribution in [2.45, 2.75) is 25.7 Å². The molecule has 4 heterocycles. The maximum atomic E-state index is 11.8. The fourth-order valence-corrected chi connectivity index (χ4v) is 4.97. The summed E-state index contributed by atoms with van der Waals surface area (Å²) in [6, 6.07) is 8.29. The maximum absolute atomic E-state index is 11.8. The SMILES string of the molecule is Cc1ccc2ncc(-c3cnn4c(N)c(Br)c(C5CCN(C(=O)CO)CC5)nc34)cc2c1. The van der Waals surface area contributed by atoms with Gasteiger partial charge >= 0.3 is 0 Å². The van der Waals surface area contributed by atoms with Crippen LogP contribution in [0.25, 0.3) is 27.7 Å². The number of piperidine rings is 1. The number of carbonyl (C=O) groups is 1. The molecule has 0 aliphatic carbocycles. The molecule has 5 rings (SSSR count). The highest BCUT2D eigenvalue weighted by molar-refractivity contribution is 9.10. The Hall–Kier alpha value is -3.04. The summed E-state index contributed by atoms with van der Waals surface area (Å²) < 4.78 is 2.38. The Labute approximate surface area is 193 Å². The fraction of sp³-hybridized carbons (Fsp3) is 0.304. The highest BCUT2D eigenvalue weighted by atomic mass is 79.9. The van der Waals surface area contributed by atoms with Gasteiger partial charge in [-0.1, -0.05) is 11.6 Å². The van der Waals surface area contributed by atoms with E-state index in [0.717, 1.165) is 45.0 Å². The number of benzene rings is 1. The van der Waals surface area contributed by atoms with Gasteiger partial charge in [0.25, 0.3) is 0 Å². The van der Waals surface area contributed by atoms with Crippen LogP contribution in [-0.2, 0) is 4.79 Å². The molecule has 1 amide bonds. The number of aromatic nitrogens is 4. The second-order valence-electron chi connectivity index (χ2n) is 8.22. The van der Waals surface area contributed by atoms with Gasteiger partial charge in [0, 0.05) is 41.7 Å². The van der Waals surface area contributed by atoms with E-state index in [2.05, 4.69) is 51.1 Å². The van der Waals surface area contributed by atoms with E-state index in [1.165, 1.54) is 5.56 Å². The minimum absolute atomic E-state index is 0.152. The Morgan fingerprint density at radius 3 is 2.78 bits per heavy atom. The van der Waals surface area contributed by atoms with E-state index in [0.29, 0.717) is 24.6 Å². The first-order valence-corrected chi connectivity index (χ1v) is 11.3. The molecule has 1 aliphatic heterocycles. The number of pyridine rings is 1. The van der Waals surface area contributed by atoms with Crippen molar-refractivity contribution in [1.29, 1.82) is 0 Å². The van der Waals surface area contributed by atoms with Gasteiger partial charge in [-0.05, 0) is 53.9 Å². The number of aliphatic hydroxyl groups is 1. The number of hydrogen-bond donors (Lipinski definition) is 2. The second-order valence-corrected chi connectivity index (χ2v) is 9.02. The number of aliphatic hydroxyl groups excluding tert-OH is 1. The summed E-state index contributed by atoms with van der Waals surface area (Å²) in [5.41, 5.74) is 11.9. The molecule has 1 aromatic carbocycles. The third-order valence-electron chi connectivity index (χ3n) is 6.17. The predicted octanol–water partition coefficient (Wildman–Crippen LogP) is 3.30. The van der Waals surface area contributed by atoms with E-state index < -0.39 is 6.61 Å². The standard InChI is InChI=1S/C23H23BrN6O2/c1-13-2-3-18-15(8-13)9-16(10-26-18)17-11-27-30-22(25)20(24)21(28-23(17)30)14-4-6-29(7-5-14)19(32)12-31/h2-3,8-11,14,31H,4-7,12,25H2,1H3. The molecule has 4 aromatic rings. The molecule has 0 unspecified atom stereocenters. The zero-order chi connectivity index (χ0) is 22.4. The van der Waals surface area contributed by atoms with Gasteiger partial charge in [-0.25, -0.2) is 4.98 Å². The smallest absolute Gasteiger partial charge is 0.248 e. The zero-order valence-corrected chi connectivity index (χ0v) is 19.2. The van der Waals surface area contributed by atoms with Crippen LogP contribution in [0.15, 0.2) is 41.1 Å². The molecule has 3 aromatic heterocycles. The maximum Gasteiger partial charge on any atom is 0.248 e. The lowest BCUT2D eigenvalue weighted by molar-refractivity contribution is -0.135. The zero-order valence-electron chi connectivity index (χ0n) is 17.6. The van der Waals surface area contributed by atoms with Crippen LogP contribution in [-0.4, -0.2) is 55.2 Å². The number of nitrogens with two attached hydrogens (primary N) is 1. The average Bonchev–Trinajstić information content (AvgIpc) is 3.24. The lowest BCUT2D eigenvalue weighted by atomic mass is 9.93. The summed E-state index contributed by atoms with van der Waals surface area (Å²) in [7, 11) is 0. The van der Waals surface area contributed by atoms with Crippen LogP contribution in [0.4, 0.5) is 5.82 Å². The number of anilines is 1. The van der Waals surface area contributed by atoms with Crippen LogP contribution in [0, 0.1) is 6.92 Å². The van der Waals surface area contributed by atoms with Crippen molar-refractivity contribution in [2.24, 2.45) is 0 Å². The monoisotopic (exact) mass is 494 g/mol. The molecule has 9 heteroatoms. The predicted molar refractivity (Wildman–Crippen MR) is 126 cm³/mol. The minimum Gasteiger partial charge on any atom is -0.387 e. The van der Waals surface area contributed by atoms with Crippen molar-refractivity contribution in [3.05, 3.63) is 52.4 Å². The van der Waals surface area contributed by atoms with Crippen molar-refractivity contribution >= 4 is 44.2 Å². The number of likely N-dealkylation sites (tertiary alicyclic amines) is 1. The number of hydrogen-bond acceptors (Lipinski definition) is 6. The van der Waals surface area contributed by atoms with Crippen LogP contribution < -0.4 is 5.73 Å². The van der Waals surface area contributed by atoms with E-state index in [1.54, 1.807) is 15.6 Å². The molecule has 1 saturated heterocycles. The molecule has 3 N–H and O–H groups in total. The Balaban J connectivity index is 1.56. The Morgan fingerprint density at radius 2 is 2.03 bits per heavy atom. The minimum atomic E-state index is -0.454. The van der Waals surface area contributed by atoms with Crippen molar-refractivity contribution in [3.8, 4) is 11.1 Å². The molecule has 0 atom stereocenters. The molecule has 32 heavy (non-hydrogen) atoms. The molecule has 164 valence electrons. The number of rotatable bonds is 3. The first kappa shape index (κ1) is 20.8.